The van der Waals surface area contributed by atoms with Crippen LogP contribution in [-0.2, 0) is 9.53 Å². The van der Waals surface area contributed by atoms with Crippen molar-refractivity contribution in [3.8, 4) is 11.6 Å². The van der Waals surface area contributed by atoms with Crippen LogP contribution in [0.25, 0.3) is 11.6 Å². The van der Waals surface area contributed by atoms with Crippen molar-refractivity contribution in [1.29, 1.82) is 0 Å². The van der Waals surface area contributed by atoms with Crippen molar-refractivity contribution < 1.29 is 14.3 Å². The van der Waals surface area contributed by atoms with Crippen LogP contribution in [0.1, 0.15) is 27.6 Å². The van der Waals surface area contributed by atoms with E-state index in [1.807, 2.05) is 56.5 Å². The molecule has 0 saturated carbocycles. The Morgan fingerprint density at radius 3 is 2.41 bits per heavy atom. The first-order valence-corrected chi connectivity index (χ1v) is 11.6. The molecule has 11 heteroatoms. The van der Waals surface area contributed by atoms with Gasteiger partial charge in [0.05, 0.1) is 11.9 Å². The molecule has 3 aromatic heterocycles. The molecule has 0 saturated heterocycles. The summed E-state index contributed by atoms with van der Waals surface area (Å²) in [6.45, 7) is 5.03. The van der Waals surface area contributed by atoms with Gasteiger partial charge < -0.3 is 10.1 Å². The molecular formula is C23H23N7O3S. The molecule has 34 heavy (non-hydrogen) atoms. The molecular weight excluding hydrogens is 454 g/mol. The Morgan fingerprint density at radius 2 is 1.74 bits per heavy atom. The van der Waals surface area contributed by atoms with Crippen molar-refractivity contribution in [1.82, 2.24) is 29.3 Å². The van der Waals surface area contributed by atoms with Gasteiger partial charge in [-0.15, -0.1) is 0 Å². The van der Waals surface area contributed by atoms with Gasteiger partial charge in [0.15, 0.2) is 17.5 Å². The molecule has 0 unspecified atom stereocenters. The lowest BCUT2D eigenvalue weighted by molar-refractivity contribution is -0.119. The van der Waals surface area contributed by atoms with Gasteiger partial charge in [0, 0.05) is 23.1 Å². The average molecular weight is 478 g/mol. The molecule has 0 aliphatic carbocycles. The molecule has 0 bridgehead atoms. The number of ether oxygens (including phenoxy) is 1. The Morgan fingerprint density at radius 1 is 1.03 bits per heavy atom. The second-order valence-electron chi connectivity index (χ2n) is 7.46. The zero-order valence-corrected chi connectivity index (χ0v) is 20.0. The summed E-state index contributed by atoms with van der Waals surface area (Å²) in [6.07, 6.45) is 3.31. The van der Waals surface area contributed by atoms with Crippen LogP contribution in [0.4, 0.5) is 5.82 Å². The molecule has 0 aliphatic rings. The van der Waals surface area contributed by atoms with Crippen LogP contribution < -0.4 is 5.32 Å². The minimum atomic E-state index is -0.658. The van der Waals surface area contributed by atoms with E-state index in [9.17, 15) is 9.59 Å². The third kappa shape index (κ3) is 4.99. The van der Waals surface area contributed by atoms with Gasteiger partial charge in [-0.2, -0.15) is 9.78 Å². The average Bonchev–Trinajstić information content (AvgIpc) is 3.40. The van der Waals surface area contributed by atoms with Crippen LogP contribution >= 0.6 is 11.8 Å². The number of esters is 1. The fourth-order valence-electron chi connectivity index (χ4n) is 3.38. The van der Waals surface area contributed by atoms with Gasteiger partial charge >= 0.3 is 5.97 Å². The molecule has 0 atom stereocenters. The Bertz CT molecular complexity index is 1330. The third-order valence-electron chi connectivity index (χ3n) is 4.73. The Labute approximate surface area is 200 Å². The molecule has 1 N–H and O–H groups in total. The summed E-state index contributed by atoms with van der Waals surface area (Å²) < 4.78 is 8.43. The SMILES string of the molecule is CSc1ncc(C(=O)OCC(=O)Nc2cc(C)nn2-c2nc(C)cc(C)n2)n1-c1ccccc1. The van der Waals surface area contributed by atoms with Crippen LogP contribution in [0.15, 0.2) is 53.8 Å². The number of carbonyl (C=O) groups excluding carboxylic acids is 2. The summed E-state index contributed by atoms with van der Waals surface area (Å²) in [5.74, 6) is -0.458. The van der Waals surface area contributed by atoms with Crippen molar-refractivity contribution >= 4 is 29.5 Å². The number of hydrogen-bond acceptors (Lipinski definition) is 8. The largest absolute Gasteiger partial charge is 0.451 e. The highest BCUT2D eigenvalue weighted by Gasteiger charge is 2.21. The van der Waals surface area contributed by atoms with Gasteiger partial charge in [-0.05, 0) is 45.2 Å². The molecule has 1 amide bonds. The maximum absolute atomic E-state index is 12.8. The number of aryl methyl sites for hydroxylation is 3. The van der Waals surface area contributed by atoms with Crippen LogP contribution in [0.5, 0.6) is 0 Å². The minimum Gasteiger partial charge on any atom is -0.451 e. The number of thioether (sulfide) groups is 1. The predicted molar refractivity (Wildman–Crippen MR) is 128 cm³/mol. The van der Waals surface area contributed by atoms with Gasteiger partial charge in [-0.3, -0.25) is 9.36 Å². The minimum absolute atomic E-state index is 0.230. The maximum atomic E-state index is 12.8. The molecule has 4 aromatic rings. The van der Waals surface area contributed by atoms with Gasteiger partial charge in [0.1, 0.15) is 5.82 Å². The monoisotopic (exact) mass is 477 g/mol. The number of aromatic nitrogens is 6. The molecule has 4 rings (SSSR count). The van der Waals surface area contributed by atoms with Crippen LogP contribution in [-0.4, -0.2) is 54.0 Å². The highest BCUT2D eigenvalue weighted by molar-refractivity contribution is 7.98. The summed E-state index contributed by atoms with van der Waals surface area (Å²) in [5.41, 5.74) is 3.23. The standard InChI is InChI=1S/C23H23N7O3S/c1-14-10-15(2)26-22(25-14)30-19(11-16(3)28-30)27-20(31)13-33-21(32)18-12-24-23(34-4)29(18)17-8-6-5-7-9-17/h5-12H,13H2,1-4H3,(H,27,31). The second kappa shape index (κ2) is 9.87. The number of rotatable bonds is 7. The highest BCUT2D eigenvalue weighted by atomic mass is 32.2. The molecule has 1 aromatic carbocycles. The highest BCUT2D eigenvalue weighted by Crippen LogP contribution is 2.22. The van der Waals surface area contributed by atoms with E-state index in [1.54, 1.807) is 17.6 Å². The van der Waals surface area contributed by atoms with E-state index in [4.69, 9.17) is 4.74 Å². The van der Waals surface area contributed by atoms with Crippen LogP contribution in [0.3, 0.4) is 0 Å². The second-order valence-corrected chi connectivity index (χ2v) is 8.23. The summed E-state index contributed by atoms with van der Waals surface area (Å²) in [7, 11) is 0. The van der Waals surface area contributed by atoms with Gasteiger partial charge in [0.25, 0.3) is 11.9 Å². The predicted octanol–water partition coefficient (Wildman–Crippen LogP) is 3.29. The fourth-order valence-corrected chi connectivity index (χ4v) is 3.92. The molecule has 0 radical (unpaired) electrons. The molecule has 3 heterocycles. The smallest absolute Gasteiger partial charge is 0.357 e. The third-order valence-corrected chi connectivity index (χ3v) is 5.38. The van der Waals surface area contributed by atoms with E-state index in [-0.39, 0.29) is 5.69 Å². The Hall–Kier alpha value is -3.99. The van der Waals surface area contributed by atoms with Crippen molar-refractivity contribution in [2.45, 2.75) is 25.9 Å². The number of hydrogen-bond donors (Lipinski definition) is 1. The molecule has 10 nitrogen and oxygen atoms in total. The first kappa shape index (κ1) is 23.2. The van der Waals surface area contributed by atoms with Gasteiger partial charge in [0.2, 0.25) is 0 Å². The normalized spacial score (nSPS) is 10.8. The van der Waals surface area contributed by atoms with E-state index < -0.39 is 18.5 Å². The van der Waals surface area contributed by atoms with Gasteiger partial charge in [-0.25, -0.2) is 19.7 Å². The molecule has 0 aliphatic heterocycles. The number of amides is 1. The summed E-state index contributed by atoms with van der Waals surface area (Å²) in [6, 6.07) is 12.9. The topological polar surface area (TPSA) is 117 Å². The molecule has 174 valence electrons. The molecule has 0 fully saturated rings. The maximum Gasteiger partial charge on any atom is 0.357 e. The van der Waals surface area contributed by atoms with E-state index in [1.165, 1.54) is 22.6 Å². The fraction of sp³-hybridized carbons (Fsp3) is 0.217. The van der Waals surface area contributed by atoms with Crippen molar-refractivity contribution in [2.24, 2.45) is 0 Å². The van der Waals surface area contributed by atoms with E-state index in [0.29, 0.717) is 22.6 Å². The summed E-state index contributed by atoms with van der Waals surface area (Å²) in [5, 5.41) is 7.72. The zero-order valence-electron chi connectivity index (χ0n) is 19.1. The quantitative estimate of drug-likeness (QED) is 0.318. The Kier molecular flexibility index (Phi) is 6.73. The van der Waals surface area contributed by atoms with Crippen molar-refractivity contribution in [2.75, 3.05) is 18.2 Å². The van der Waals surface area contributed by atoms with E-state index in [0.717, 1.165) is 17.1 Å². The van der Waals surface area contributed by atoms with Crippen molar-refractivity contribution in [3.05, 3.63) is 71.4 Å². The molecule has 0 spiro atoms. The van der Waals surface area contributed by atoms with E-state index in [2.05, 4.69) is 25.4 Å². The lowest BCUT2D eigenvalue weighted by Crippen LogP contribution is -2.23. The van der Waals surface area contributed by atoms with Crippen molar-refractivity contribution in [3.63, 3.8) is 0 Å². The zero-order chi connectivity index (χ0) is 24.2. The number of imidazole rings is 1. The van der Waals surface area contributed by atoms with Crippen LogP contribution in [0, 0.1) is 20.8 Å². The lowest BCUT2D eigenvalue weighted by Gasteiger charge is -2.11. The van der Waals surface area contributed by atoms with Crippen LogP contribution in [0.2, 0.25) is 0 Å². The summed E-state index contributed by atoms with van der Waals surface area (Å²) in [4.78, 5) is 38.4. The first-order chi connectivity index (χ1) is 16.4. The lowest BCUT2D eigenvalue weighted by atomic mass is 10.3. The first-order valence-electron chi connectivity index (χ1n) is 10.4. The number of para-hydroxylation sites is 1. The Balaban J connectivity index is 1.48. The van der Waals surface area contributed by atoms with E-state index >= 15 is 0 Å². The number of carbonyl (C=O) groups is 2. The summed E-state index contributed by atoms with van der Waals surface area (Å²) >= 11 is 1.40. The number of benzene rings is 1. The van der Waals surface area contributed by atoms with Gasteiger partial charge in [-0.1, -0.05) is 30.0 Å². The number of nitrogens with zero attached hydrogens (tertiary/aromatic N) is 6. The number of anilines is 1. The number of nitrogens with one attached hydrogen (secondary N) is 1.